The molecule has 2 heterocycles. The zero-order chi connectivity index (χ0) is 14.0. The number of carbonyl (C=O) groups is 1. The van der Waals surface area contributed by atoms with E-state index in [2.05, 4.69) is 9.97 Å². The van der Waals surface area contributed by atoms with Gasteiger partial charge in [0.15, 0.2) is 0 Å². The molecule has 0 radical (unpaired) electrons. The first kappa shape index (κ1) is 13.0. The predicted molar refractivity (Wildman–Crippen MR) is 63.2 cm³/mol. The zero-order valence-corrected chi connectivity index (χ0v) is 10.4. The highest BCUT2D eigenvalue weighted by atomic mass is 32.2. The van der Waals surface area contributed by atoms with Gasteiger partial charge in [0, 0.05) is 0 Å². The number of aryl methyl sites for hydroxylation is 1. The molecule has 0 atom stereocenters. The van der Waals surface area contributed by atoms with Crippen LogP contribution >= 0.6 is 11.8 Å². The summed E-state index contributed by atoms with van der Waals surface area (Å²) in [7, 11) is 0. The molecule has 8 nitrogen and oxygen atoms in total. The minimum Gasteiger partial charge on any atom is -0.477 e. The van der Waals surface area contributed by atoms with Crippen LogP contribution in [0.2, 0.25) is 0 Å². The first-order chi connectivity index (χ1) is 8.97. The van der Waals surface area contributed by atoms with E-state index >= 15 is 0 Å². The molecule has 1 N–H and O–H groups in total. The summed E-state index contributed by atoms with van der Waals surface area (Å²) in [6, 6.07) is 1.12. The molecular weight excluding hydrogens is 274 g/mol. The number of nitrogens with zero attached hydrogens (tertiary/aromatic N) is 3. The van der Waals surface area contributed by atoms with Gasteiger partial charge in [0.25, 0.3) is 5.22 Å². The lowest BCUT2D eigenvalue weighted by Gasteiger charge is -2.00. The van der Waals surface area contributed by atoms with E-state index in [1.807, 2.05) is 0 Å². The molecule has 0 aromatic carbocycles. The molecule has 9 heteroatoms. The Morgan fingerprint density at radius 3 is 2.84 bits per heavy atom. The highest BCUT2D eigenvalue weighted by molar-refractivity contribution is 7.99. The van der Waals surface area contributed by atoms with Crippen molar-refractivity contribution in [2.75, 3.05) is 0 Å². The highest BCUT2D eigenvalue weighted by Crippen LogP contribution is 2.28. The Bertz CT molecular complexity index is 654. The maximum Gasteiger partial charge on any atom is 0.342 e. The van der Waals surface area contributed by atoms with Crippen molar-refractivity contribution in [2.45, 2.75) is 17.2 Å². The third-order valence-electron chi connectivity index (χ3n) is 2.07. The smallest absolute Gasteiger partial charge is 0.342 e. The molecule has 0 bridgehead atoms. The summed E-state index contributed by atoms with van der Waals surface area (Å²) in [6.45, 7) is 1.74. The quantitative estimate of drug-likeness (QED) is 0.668. The molecule has 0 saturated carbocycles. The van der Waals surface area contributed by atoms with E-state index < -0.39 is 22.1 Å². The number of aromatic carboxylic acids is 1. The van der Waals surface area contributed by atoms with Gasteiger partial charge in [-0.1, -0.05) is 0 Å². The molecule has 0 aliphatic carbocycles. The third-order valence-corrected chi connectivity index (χ3v) is 2.87. The van der Waals surface area contributed by atoms with Crippen LogP contribution in [-0.4, -0.2) is 26.0 Å². The van der Waals surface area contributed by atoms with Crippen molar-refractivity contribution in [2.24, 2.45) is 0 Å². The Kier molecular flexibility index (Phi) is 3.47. The fourth-order valence-corrected chi connectivity index (χ4v) is 2.02. The van der Waals surface area contributed by atoms with Gasteiger partial charge in [-0.05, 0) is 24.8 Å². The van der Waals surface area contributed by atoms with Crippen LogP contribution in [0.4, 0.5) is 5.69 Å². The van der Waals surface area contributed by atoms with E-state index in [4.69, 9.17) is 9.52 Å². The fourth-order valence-electron chi connectivity index (χ4n) is 1.27. The Morgan fingerprint density at radius 2 is 2.32 bits per heavy atom. The Hall–Kier alpha value is -2.42. The molecule has 2 aromatic heterocycles. The molecule has 0 fully saturated rings. The largest absolute Gasteiger partial charge is 0.477 e. The molecule has 0 unspecified atom stereocenters. The molecule has 0 amide bonds. The van der Waals surface area contributed by atoms with Gasteiger partial charge in [0.2, 0.25) is 0 Å². The number of aromatic nitrogens is 2. The van der Waals surface area contributed by atoms with Crippen LogP contribution in [0, 0.1) is 17.0 Å². The van der Waals surface area contributed by atoms with Gasteiger partial charge in [0.05, 0.1) is 10.6 Å². The Labute approximate surface area is 110 Å². The van der Waals surface area contributed by atoms with Crippen molar-refractivity contribution in [3.8, 4) is 0 Å². The molecule has 0 saturated heterocycles. The summed E-state index contributed by atoms with van der Waals surface area (Å²) in [5, 5.41) is 20.1. The van der Waals surface area contributed by atoms with E-state index in [0.717, 1.165) is 24.0 Å². The second-order valence-corrected chi connectivity index (χ2v) is 4.43. The molecule has 0 aliphatic heterocycles. The van der Waals surface area contributed by atoms with E-state index in [0.29, 0.717) is 5.69 Å². The van der Waals surface area contributed by atoms with E-state index in [9.17, 15) is 14.9 Å². The predicted octanol–water partition coefficient (Wildman–Crippen LogP) is 2.14. The summed E-state index contributed by atoms with van der Waals surface area (Å²) in [5.74, 6) is -1.39. The minimum atomic E-state index is -1.39. The van der Waals surface area contributed by atoms with Gasteiger partial charge in [-0.15, -0.1) is 0 Å². The second kappa shape index (κ2) is 5.06. The molecular formula is C10H7N3O5S. The lowest BCUT2D eigenvalue weighted by atomic mass is 10.2. The zero-order valence-electron chi connectivity index (χ0n) is 9.56. The standard InChI is InChI=1S/C10H7N3O5S/c1-5-4-18-10(12-5)19-8-2-6(9(14)15)7(3-11-8)13(16)17/h2-4H,1H3,(H,14,15). The summed E-state index contributed by atoms with van der Waals surface area (Å²) >= 11 is 0.986. The van der Waals surface area contributed by atoms with Crippen molar-refractivity contribution in [1.29, 1.82) is 0 Å². The average molecular weight is 281 g/mol. The summed E-state index contributed by atoms with van der Waals surface area (Å²) in [4.78, 5) is 28.6. The molecule has 0 aliphatic rings. The Morgan fingerprint density at radius 1 is 1.58 bits per heavy atom. The lowest BCUT2D eigenvalue weighted by molar-refractivity contribution is -0.385. The third kappa shape index (κ3) is 2.88. The average Bonchev–Trinajstić information content (AvgIpc) is 2.74. The van der Waals surface area contributed by atoms with Crippen LogP contribution in [0.15, 0.2) is 33.2 Å². The molecule has 2 rings (SSSR count). The number of carboxylic acid groups (broad SMARTS) is 1. The molecule has 98 valence electrons. The van der Waals surface area contributed by atoms with E-state index in [1.54, 1.807) is 6.92 Å². The summed E-state index contributed by atoms with van der Waals surface area (Å²) < 4.78 is 5.08. The van der Waals surface area contributed by atoms with Crippen molar-refractivity contribution >= 4 is 23.4 Å². The molecule has 2 aromatic rings. The minimum absolute atomic E-state index is 0.254. The molecule has 19 heavy (non-hydrogen) atoms. The van der Waals surface area contributed by atoms with Gasteiger partial charge in [-0.25, -0.2) is 14.8 Å². The SMILES string of the molecule is Cc1coc(Sc2cc(C(=O)O)c([N+](=O)[O-])cn2)n1. The molecule has 0 spiro atoms. The fraction of sp³-hybridized carbons (Fsp3) is 0.100. The first-order valence-corrected chi connectivity index (χ1v) is 5.76. The maximum atomic E-state index is 11.0. The van der Waals surface area contributed by atoms with Crippen molar-refractivity contribution < 1.29 is 19.2 Å². The number of carboxylic acids is 1. The lowest BCUT2D eigenvalue weighted by Crippen LogP contribution is -2.03. The van der Waals surface area contributed by atoms with Crippen LogP contribution < -0.4 is 0 Å². The monoisotopic (exact) mass is 281 g/mol. The van der Waals surface area contributed by atoms with Crippen LogP contribution in [0.1, 0.15) is 16.1 Å². The van der Waals surface area contributed by atoms with Gasteiger partial charge < -0.3 is 9.52 Å². The van der Waals surface area contributed by atoms with Gasteiger partial charge >= 0.3 is 11.7 Å². The van der Waals surface area contributed by atoms with Crippen molar-refractivity contribution in [3.63, 3.8) is 0 Å². The number of nitro groups is 1. The van der Waals surface area contributed by atoms with Crippen LogP contribution in [0.25, 0.3) is 0 Å². The van der Waals surface area contributed by atoms with E-state index in [-0.39, 0.29) is 10.2 Å². The van der Waals surface area contributed by atoms with Crippen LogP contribution in [0.5, 0.6) is 0 Å². The normalized spacial score (nSPS) is 10.4. The number of hydrogen-bond donors (Lipinski definition) is 1. The Balaban J connectivity index is 2.35. The van der Waals surface area contributed by atoms with E-state index in [1.165, 1.54) is 6.26 Å². The number of rotatable bonds is 4. The van der Waals surface area contributed by atoms with Gasteiger partial charge in [-0.2, -0.15) is 0 Å². The highest BCUT2D eigenvalue weighted by Gasteiger charge is 2.21. The van der Waals surface area contributed by atoms with Gasteiger partial charge in [-0.3, -0.25) is 10.1 Å². The number of hydrogen-bond acceptors (Lipinski definition) is 7. The van der Waals surface area contributed by atoms with Crippen LogP contribution in [0.3, 0.4) is 0 Å². The maximum absolute atomic E-state index is 11.0. The summed E-state index contributed by atoms with van der Waals surface area (Å²) in [6.07, 6.45) is 2.34. The second-order valence-electron chi connectivity index (χ2n) is 3.46. The van der Waals surface area contributed by atoms with Gasteiger partial charge in [0.1, 0.15) is 23.0 Å². The van der Waals surface area contributed by atoms with Crippen LogP contribution in [-0.2, 0) is 0 Å². The first-order valence-electron chi connectivity index (χ1n) is 4.95. The van der Waals surface area contributed by atoms with Crippen molar-refractivity contribution in [3.05, 3.63) is 39.9 Å². The topological polar surface area (TPSA) is 119 Å². The van der Waals surface area contributed by atoms with Crippen molar-refractivity contribution in [1.82, 2.24) is 9.97 Å². The summed E-state index contributed by atoms with van der Waals surface area (Å²) in [5.41, 5.74) is -0.311. The number of pyridine rings is 1. The number of oxazole rings is 1.